The van der Waals surface area contributed by atoms with Crippen molar-refractivity contribution < 1.29 is 17.6 Å². The molecule has 3 aromatic carbocycles. The van der Waals surface area contributed by atoms with E-state index in [0.29, 0.717) is 30.5 Å². The smallest absolute Gasteiger partial charge is 0.241 e. The lowest BCUT2D eigenvalue weighted by molar-refractivity contribution is -0.118. The Morgan fingerprint density at radius 3 is 2.42 bits per heavy atom. The maximum absolute atomic E-state index is 13.6. The average Bonchev–Trinajstić information content (AvgIpc) is 3.37. The van der Waals surface area contributed by atoms with Gasteiger partial charge in [-0.15, -0.1) is 0 Å². The molecular weight excluding hydrogens is 525 g/mol. The van der Waals surface area contributed by atoms with E-state index in [9.17, 15) is 17.6 Å². The van der Waals surface area contributed by atoms with Gasteiger partial charge in [0.15, 0.2) is 0 Å². The lowest BCUT2D eigenvalue weighted by Gasteiger charge is -2.25. The number of hydrogen-bond donors (Lipinski definition) is 1. The van der Waals surface area contributed by atoms with Crippen LogP contribution < -0.4 is 9.62 Å². The summed E-state index contributed by atoms with van der Waals surface area (Å²) in [6.07, 6.45) is 4.51. The quantitative estimate of drug-likeness (QED) is 0.246. The molecule has 1 N–H and O–H groups in total. The monoisotopic (exact) mass is 557 g/mol. The van der Waals surface area contributed by atoms with Gasteiger partial charge in [0.1, 0.15) is 0 Å². The average molecular weight is 558 g/mol. The van der Waals surface area contributed by atoms with Crippen molar-refractivity contribution in [2.45, 2.75) is 56.5 Å². The van der Waals surface area contributed by atoms with E-state index in [2.05, 4.69) is 9.71 Å². The molecule has 206 valence electrons. The SMILES string of the molecule is CCc1ccc(S(=O)(=O)NC2CCc3ccc(N(Cc4ccc(F)nc4)C(=O)CCc4ccccc4)cc32)cc1. The third kappa shape index (κ3) is 6.46. The number of nitrogens with one attached hydrogen (secondary N) is 1. The van der Waals surface area contributed by atoms with Gasteiger partial charge in [-0.1, -0.05) is 61.5 Å². The van der Waals surface area contributed by atoms with Gasteiger partial charge in [0.25, 0.3) is 0 Å². The molecule has 1 atom stereocenters. The molecule has 0 saturated carbocycles. The van der Waals surface area contributed by atoms with Gasteiger partial charge in [0.2, 0.25) is 21.9 Å². The first kappa shape index (κ1) is 27.7. The highest BCUT2D eigenvalue weighted by molar-refractivity contribution is 7.89. The Morgan fingerprint density at radius 1 is 0.975 bits per heavy atom. The largest absolute Gasteiger partial charge is 0.308 e. The maximum atomic E-state index is 13.6. The first-order valence-electron chi connectivity index (χ1n) is 13.5. The van der Waals surface area contributed by atoms with Crippen molar-refractivity contribution >= 4 is 21.6 Å². The lowest BCUT2D eigenvalue weighted by atomic mass is 10.1. The number of aromatic nitrogens is 1. The van der Waals surface area contributed by atoms with Crippen molar-refractivity contribution in [3.05, 3.63) is 125 Å². The Balaban J connectivity index is 1.40. The molecule has 40 heavy (non-hydrogen) atoms. The molecular formula is C32H32FN3O3S. The number of nitrogens with zero attached hydrogens (tertiary/aromatic N) is 2. The van der Waals surface area contributed by atoms with E-state index in [0.717, 1.165) is 35.1 Å². The van der Waals surface area contributed by atoms with Gasteiger partial charge in [-0.3, -0.25) is 4.79 Å². The first-order valence-corrected chi connectivity index (χ1v) is 15.0. The Morgan fingerprint density at radius 2 is 1.73 bits per heavy atom. The molecule has 4 aromatic rings. The van der Waals surface area contributed by atoms with Gasteiger partial charge in [0.05, 0.1) is 11.4 Å². The van der Waals surface area contributed by atoms with Crippen LogP contribution in [0.15, 0.2) is 96.0 Å². The fourth-order valence-corrected chi connectivity index (χ4v) is 6.33. The number of rotatable bonds is 10. The summed E-state index contributed by atoms with van der Waals surface area (Å²) in [5.41, 5.74) is 5.42. The maximum Gasteiger partial charge on any atom is 0.241 e. The molecule has 6 nitrogen and oxygen atoms in total. The summed E-state index contributed by atoms with van der Waals surface area (Å²) in [6, 6.07) is 25.0. The van der Waals surface area contributed by atoms with Crippen LogP contribution in [0.5, 0.6) is 0 Å². The van der Waals surface area contributed by atoms with Gasteiger partial charge in [-0.25, -0.2) is 18.1 Å². The van der Waals surface area contributed by atoms with E-state index in [1.165, 1.54) is 12.3 Å². The Kier molecular flexibility index (Phi) is 8.38. The highest BCUT2D eigenvalue weighted by atomic mass is 32.2. The molecule has 0 radical (unpaired) electrons. The molecule has 1 heterocycles. The fraction of sp³-hybridized carbons (Fsp3) is 0.250. The Bertz CT molecular complexity index is 1570. The van der Waals surface area contributed by atoms with Gasteiger partial charge < -0.3 is 4.90 Å². The number of fused-ring (bicyclic) bond motifs is 1. The minimum absolute atomic E-state index is 0.0840. The molecule has 1 amide bonds. The molecule has 0 fully saturated rings. The zero-order valence-corrected chi connectivity index (χ0v) is 23.2. The highest BCUT2D eigenvalue weighted by Gasteiger charge is 2.29. The van der Waals surface area contributed by atoms with E-state index in [1.54, 1.807) is 23.1 Å². The van der Waals surface area contributed by atoms with E-state index < -0.39 is 22.0 Å². The second-order valence-electron chi connectivity index (χ2n) is 10.0. The third-order valence-electron chi connectivity index (χ3n) is 7.36. The van der Waals surface area contributed by atoms with Crippen LogP contribution in [-0.4, -0.2) is 19.3 Å². The number of benzene rings is 3. The van der Waals surface area contributed by atoms with Crippen LogP contribution in [0, 0.1) is 5.95 Å². The number of anilines is 1. The fourth-order valence-electron chi connectivity index (χ4n) is 5.08. The molecule has 8 heteroatoms. The molecule has 0 aliphatic heterocycles. The molecule has 5 rings (SSSR count). The highest BCUT2D eigenvalue weighted by Crippen LogP contribution is 2.36. The van der Waals surface area contributed by atoms with Crippen LogP contribution in [-0.2, 0) is 40.6 Å². The molecule has 1 aromatic heterocycles. The van der Waals surface area contributed by atoms with E-state index in [1.807, 2.05) is 67.6 Å². The zero-order valence-electron chi connectivity index (χ0n) is 22.4. The topological polar surface area (TPSA) is 79.4 Å². The minimum Gasteiger partial charge on any atom is -0.308 e. The van der Waals surface area contributed by atoms with E-state index in [4.69, 9.17) is 0 Å². The number of carbonyl (C=O) groups is 1. The van der Waals surface area contributed by atoms with E-state index in [-0.39, 0.29) is 17.3 Å². The molecule has 1 unspecified atom stereocenters. The standard InChI is InChI=1S/C32H32FN3O3S/c1-2-23-8-15-28(16-9-23)40(38,39)35-30-17-13-26-12-14-27(20-29(26)30)36(22-25-10-18-31(33)34-21-25)32(37)19-11-24-6-4-3-5-7-24/h3-10,12,14-16,18,20-21,30,35H,2,11,13,17,19,22H2,1H3. The zero-order chi connectivity index (χ0) is 28.1. The van der Waals surface area contributed by atoms with E-state index >= 15 is 0 Å². The summed E-state index contributed by atoms with van der Waals surface area (Å²) in [4.78, 5) is 19.2. The minimum atomic E-state index is -3.73. The predicted octanol–water partition coefficient (Wildman–Crippen LogP) is 5.91. The van der Waals surface area contributed by atoms with Gasteiger partial charge in [-0.05, 0) is 83.8 Å². The number of carbonyl (C=O) groups excluding carboxylic acids is 1. The lowest BCUT2D eigenvalue weighted by Crippen LogP contribution is -2.31. The van der Waals surface area contributed by atoms with Gasteiger partial charge in [0, 0.05) is 24.3 Å². The number of pyridine rings is 1. The second kappa shape index (κ2) is 12.1. The number of hydrogen-bond acceptors (Lipinski definition) is 4. The number of aryl methyl sites for hydroxylation is 3. The molecule has 0 saturated heterocycles. The molecule has 0 spiro atoms. The number of sulfonamides is 1. The van der Waals surface area contributed by atoms with Crippen molar-refractivity contribution in [3.63, 3.8) is 0 Å². The summed E-state index contributed by atoms with van der Waals surface area (Å²) in [7, 11) is -3.73. The molecule has 0 bridgehead atoms. The normalized spacial score (nSPS) is 14.6. The third-order valence-corrected chi connectivity index (χ3v) is 8.85. The summed E-state index contributed by atoms with van der Waals surface area (Å²) in [5.74, 6) is -0.665. The number of amides is 1. The van der Waals surface area contributed by atoms with Crippen molar-refractivity contribution in [2.24, 2.45) is 0 Å². The van der Waals surface area contributed by atoms with Crippen LogP contribution in [0.4, 0.5) is 10.1 Å². The molecule has 1 aliphatic carbocycles. The summed E-state index contributed by atoms with van der Waals surface area (Å²) < 4.78 is 42.7. The summed E-state index contributed by atoms with van der Waals surface area (Å²) in [5, 5.41) is 0. The van der Waals surface area contributed by atoms with Crippen molar-refractivity contribution in [1.29, 1.82) is 0 Å². The van der Waals surface area contributed by atoms with Gasteiger partial charge in [-0.2, -0.15) is 4.39 Å². The van der Waals surface area contributed by atoms with Crippen molar-refractivity contribution in [3.8, 4) is 0 Å². The molecule has 1 aliphatic rings. The summed E-state index contributed by atoms with van der Waals surface area (Å²) in [6.45, 7) is 2.25. The summed E-state index contributed by atoms with van der Waals surface area (Å²) >= 11 is 0. The van der Waals surface area contributed by atoms with Crippen LogP contribution >= 0.6 is 0 Å². The first-order chi connectivity index (χ1) is 19.3. The van der Waals surface area contributed by atoms with Crippen LogP contribution in [0.1, 0.15) is 53.6 Å². The van der Waals surface area contributed by atoms with Crippen LogP contribution in [0.3, 0.4) is 0 Å². The van der Waals surface area contributed by atoms with Crippen molar-refractivity contribution in [1.82, 2.24) is 9.71 Å². The van der Waals surface area contributed by atoms with Crippen LogP contribution in [0.25, 0.3) is 0 Å². The van der Waals surface area contributed by atoms with Crippen LogP contribution in [0.2, 0.25) is 0 Å². The van der Waals surface area contributed by atoms with Gasteiger partial charge >= 0.3 is 0 Å². The predicted molar refractivity (Wildman–Crippen MR) is 154 cm³/mol. The Labute approximate surface area is 234 Å². The number of halogens is 1. The Hall–Kier alpha value is -3.88. The van der Waals surface area contributed by atoms with Crippen molar-refractivity contribution in [2.75, 3.05) is 4.90 Å². The second-order valence-corrected chi connectivity index (χ2v) is 11.8.